The van der Waals surface area contributed by atoms with Crippen LogP contribution in [0.1, 0.15) is 5.56 Å². The van der Waals surface area contributed by atoms with Gasteiger partial charge in [-0.3, -0.25) is 4.79 Å². The molecule has 32 heavy (non-hydrogen) atoms. The number of amides is 1. The lowest BCUT2D eigenvalue weighted by molar-refractivity contribution is -0.126. The number of hydrogen-bond acceptors (Lipinski definition) is 5. The number of benzene rings is 3. The molecule has 0 aliphatic carbocycles. The summed E-state index contributed by atoms with van der Waals surface area (Å²) in [5.74, 6) is 1.17. The van der Waals surface area contributed by atoms with Crippen LogP contribution < -0.4 is 10.6 Å². The molecule has 162 valence electrons. The summed E-state index contributed by atoms with van der Waals surface area (Å²) in [6.45, 7) is 1.40. The second kappa shape index (κ2) is 10.7. The number of para-hydroxylation sites is 1. The van der Waals surface area contributed by atoms with Gasteiger partial charge in [-0.05, 0) is 42.0 Å². The predicted molar refractivity (Wildman–Crippen MR) is 128 cm³/mol. The van der Waals surface area contributed by atoms with E-state index in [0.29, 0.717) is 30.5 Å². The van der Waals surface area contributed by atoms with Gasteiger partial charge in [0.25, 0.3) is 0 Å². The monoisotopic (exact) mass is 446 g/mol. The SMILES string of the molecule is O=C(COCc1ccccc1)NCCNc1nc(-c2ccc(Cl)cc2)nc2ccccc12. The van der Waals surface area contributed by atoms with Crippen LogP contribution in [0.15, 0.2) is 78.9 Å². The fourth-order valence-electron chi connectivity index (χ4n) is 3.21. The summed E-state index contributed by atoms with van der Waals surface area (Å²) in [6.07, 6.45) is 0. The third-order valence-corrected chi connectivity index (χ3v) is 5.04. The maximum Gasteiger partial charge on any atom is 0.246 e. The summed E-state index contributed by atoms with van der Waals surface area (Å²) >= 11 is 6.00. The summed E-state index contributed by atoms with van der Waals surface area (Å²) in [5, 5.41) is 7.75. The maximum absolute atomic E-state index is 12.0. The first-order valence-electron chi connectivity index (χ1n) is 10.3. The van der Waals surface area contributed by atoms with Crippen molar-refractivity contribution in [3.8, 4) is 11.4 Å². The van der Waals surface area contributed by atoms with Crippen molar-refractivity contribution < 1.29 is 9.53 Å². The predicted octanol–water partition coefficient (Wildman–Crippen LogP) is 4.70. The lowest BCUT2D eigenvalue weighted by Crippen LogP contribution is -2.31. The largest absolute Gasteiger partial charge is 0.368 e. The highest BCUT2D eigenvalue weighted by Crippen LogP contribution is 2.25. The molecule has 0 atom stereocenters. The zero-order valence-electron chi connectivity index (χ0n) is 17.4. The third kappa shape index (κ3) is 5.81. The Bertz CT molecular complexity index is 1180. The molecule has 3 aromatic carbocycles. The van der Waals surface area contributed by atoms with E-state index in [1.165, 1.54) is 0 Å². The van der Waals surface area contributed by atoms with Crippen LogP contribution in [0.25, 0.3) is 22.3 Å². The van der Waals surface area contributed by atoms with Gasteiger partial charge in [0.2, 0.25) is 5.91 Å². The molecule has 0 spiro atoms. The van der Waals surface area contributed by atoms with Crippen LogP contribution in [0, 0.1) is 0 Å². The van der Waals surface area contributed by atoms with Crippen molar-refractivity contribution in [3.63, 3.8) is 0 Å². The van der Waals surface area contributed by atoms with Crippen LogP contribution in [0.4, 0.5) is 5.82 Å². The zero-order chi connectivity index (χ0) is 22.2. The number of rotatable bonds is 9. The Morgan fingerprint density at radius 3 is 2.44 bits per heavy atom. The van der Waals surface area contributed by atoms with Gasteiger partial charge in [-0.2, -0.15) is 0 Å². The molecule has 0 unspecified atom stereocenters. The van der Waals surface area contributed by atoms with E-state index in [1.54, 1.807) is 0 Å². The number of fused-ring (bicyclic) bond motifs is 1. The van der Waals surface area contributed by atoms with Gasteiger partial charge in [0.15, 0.2) is 5.82 Å². The molecule has 0 radical (unpaired) electrons. The normalized spacial score (nSPS) is 10.8. The number of carbonyl (C=O) groups is 1. The molecule has 1 aromatic heterocycles. The quantitative estimate of drug-likeness (QED) is 0.364. The fourth-order valence-corrected chi connectivity index (χ4v) is 3.34. The van der Waals surface area contributed by atoms with Crippen molar-refractivity contribution >= 4 is 34.2 Å². The molecule has 0 fully saturated rings. The minimum absolute atomic E-state index is 0.0199. The van der Waals surface area contributed by atoms with Gasteiger partial charge < -0.3 is 15.4 Å². The van der Waals surface area contributed by atoms with Gasteiger partial charge in [0.05, 0.1) is 12.1 Å². The van der Waals surface area contributed by atoms with Gasteiger partial charge in [-0.15, -0.1) is 0 Å². The number of aromatic nitrogens is 2. The number of anilines is 1. The molecule has 0 bridgehead atoms. The maximum atomic E-state index is 12.0. The zero-order valence-corrected chi connectivity index (χ0v) is 18.2. The Hall–Kier alpha value is -3.48. The molecule has 0 aliphatic rings. The van der Waals surface area contributed by atoms with Crippen LogP contribution in [-0.2, 0) is 16.1 Å². The Morgan fingerprint density at radius 1 is 0.875 bits per heavy atom. The summed E-state index contributed by atoms with van der Waals surface area (Å²) in [5.41, 5.74) is 2.76. The Labute approximate surface area is 191 Å². The summed E-state index contributed by atoms with van der Waals surface area (Å²) in [7, 11) is 0. The Balaban J connectivity index is 1.33. The van der Waals surface area contributed by atoms with Crippen molar-refractivity contribution in [2.75, 3.05) is 25.0 Å². The van der Waals surface area contributed by atoms with Crippen molar-refractivity contribution in [1.29, 1.82) is 0 Å². The van der Waals surface area contributed by atoms with Gasteiger partial charge in [0.1, 0.15) is 12.4 Å². The van der Waals surface area contributed by atoms with Crippen molar-refractivity contribution in [3.05, 3.63) is 89.4 Å². The number of hydrogen-bond donors (Lipinski definition) is 2. The van der Waals surface area contributed by atoms with E-state index in [0.717, 1.165) is 27.8 Å². The average Bonchev–Trinajstić information content (AvgIpc) is 2.83. The number of ether oxygens (including phenoxy) is 1. The molecule has 1 heterocycles. The Morgan fingerprint density at radius 2 is 1.62 bits per heavy atom. The van der Waals surface area contributed by atoms with Crippen LogP contribution in [-0.4, -0.2) is 35.6 Å². The molecule has 1 amide bonds. The van der Waals surface area contributed by atoms with Crippen molar-refractivity contribution in [2.45, 2.75) is 6.61 Å². The lowest BCUT2D eigenvalue weighted by atomic mass is 10.2. The van der Waals surface area contributed by atoms with Gasteiger partial charge in [0, 0.05) is 29.1 Å². The highest BCUT2D eigenvalue weighted by Gasteiger charge is 2.09. The second-order valence-electron chi connectivity index (χ2n) is 7.17. The van der Waals surface area contributed by atoms with Gasteiger partial charge in [-0.1, -0.05) is 54.1 Å². The van der Waals surface area contributed by atoms with E-state index in [2.05, 4.69) is 15.6 Å². The first-order valence-corrected chi connectivity index (χ1v) is 10.7. The standard InChI is InChI=1S/C25H23ClN4O2/c26-20-12-10-19(11-13-20)24-29-22-9-5-4-8-21(22)25(30-24)28-15-14-27-23(31)17-32-16-18-6-2-1-3-7-18/h1-13H,14-17H2,(H,27,31)(H,28,29,30). The topological polar surface area (TPSA) is 76.1 Å². The molecule has 6 nitrogen and oxygen atoms in total. The molecule has 0 aliphatic heterocycles. The highest BCUT2D eigenvalue weighted by atomic mass is 35.5. The lowest BCUT2D eigenvalue weighted by Gasteiger charge is -2.12. The molecule has 4 aromatic rings. The van der Waals surface area contributed by atoms with Crippen LogP contribution >= 0.6 is 11.6 Å². The molecule has 0 saturated carbocycles. The van der Waals surface area contributed by atoms with Gasteiger partial charge in [-0.25, -0.2) is 9.97 Å². The summed E-state index contributed by atoms with van der Waals surface area (Å²) in [6, 6.07) is 25.0. The van der Waals surface area contributed by atoms with Crippen LogP contribution in [0.2, 0.25) is 5.02 Å². The third-order valence-electron chi connectivity index (χ3n) is 4.79. The first-order chi connectivity index (χ1) is 15.7. The molecule has 0 saturated heterocycles. The van der Waals surface area contributed by atoms with Crippen molar-refractivity contribution in [2.24, 2.45) is 0 Å². The minimum atomic E-state index is -0.155. The summed E-state index contributed by atoms with van der Waals surface area (Å²) < 4.78 is 5.47. The van der Waals surface area contributed by atoms with Crippen LogP contribution in [0.3, 0.4) is 0 Å². The van der Waals surface area contributed by atoms with E-state index >= 15 is 0 Å². The molecule has 4 rings (SSSR count). The highest BCUT2D eigenvalue weighted by molar-refractivity contribution is 6.30. The first kappa shape index (κ1) is 21.7. The van der Waals surface area contributed by atoms with Gasteiger partial charge >= 0.3 is 0 Å². The van der Waals surface area contributed by atoms with Crippen LogP contribution in [0.5, 0.6) is 0 Å². The molecule has 7 heteroatoms. The summed E-state index contributed by atoms with van der Waals surface area (Å²) in [4.78, 5) is 21.4. The minimum Gasteiger partial charge on any atom is -0.368 e. The number of nitrogens with one attached hydrogen (secondary N) is 2. The number of carbonyl (C=O) groups excluding carboxylic acids is 1. The Kier molecular flexibility index (Phi) is 7.27. The number of nitrogens with zero attached hydrogens (tertiary/aromatic N) is 2. The van der Waals surface area contributed by atoms with E-state index in [9.17, 15) is 4.79 Å². The van der Waals surface area contributed by atoms with E-state index in [-0.39, 0.29) is 12.5 Å². The van der Waals surface area contributed by atoms with E-state index in [1.807, 2.05) is 78.9 Å². The van der Waals surface area contributed by atoms with Crippen molar-refractivity contribution in [1.82, 2.24) is 15.3 Å². The second-order valence-corrected chi connectivity index (χ2v) is 7.61. The van der Waals surface area contributed by atoms with E-state index < -0.39 is 0 Å². The van der Waals surface area contributed by atoms with E-state index in [4.69, 9.17) is 21.3 Å². The molecular formula is C25H23ClN4O2. The smallest absolute Gasteiger partial charge is 0.246 e. The molecule has 2 N–H and O–H groups in total. The average molecular weight is 447 g/mol. The molecular weight excluding hydrogens is 424 g/mol. The number of halogens is 1. The fraction of sp³-hybridized carbons (Fsp3) is 0.160.